The van der Waals surface area contributed by atoms with Crippen LogP contribution in [0.2, 0.25) is 0 Å². The summed E-state index contributed by atoms with van der Waals surface area (Å²) < 4.78 is 5.52. The average molecular weight is 228 g/mol. The number of hydrogen-bond donors (Lipinski definition) is 2. The van der Waals surface area contributed by atoms with Gasteiger partial charge >= 0.3 is 6.03 Å². The summed E-state index contributed by atoms with van der Waals surface area (Å²) in [5, 5.41) is 5.79. The van der Waals surface area contributed by atoms with Crippen LogP contribution in [0.4, 0.5) is 4.79 Å². The Bertz CT molecular complexity index is 203. The molecule has 16 heavy (non-hydrogen) atoms. The van der Waals surface area contributed by atoms with Crippen molar-refractivity contribution in [3.63, 3.8) is 0 Å². The van der Waals surface area contributed by atoms with E-state index in [-0.39, 0.29) is 18.2 Å². The number of carbonyl (C=O) groups excluding carboxylic acids is 1. The number of amides is 2. The van der Waals surface area contributed by atoms with Crippen molar-refractivity contribution in [1.82, 2.24) is 10.6 Å². The molecule has 4 nitrogen and oxygen atoms in total. The third-order valence-corrected chi connectivity index (χ3v) is 2.95. The minimum atomic E-state index is -0.0703. The molecule has 0 aromatic rings. The molecule has 2 N–H and O–H groups in total. The smallest absolute Gasteiger partial charge is 0.315 e. The van der Waals surface area contributed by atoms with Crippen LogP contribution in [0.15, 0.2) is 0 Å². The summed E-state index contributed by atoms with van der Waals surface area (Å²) in [5.41, 5.74) is 0. The quantitative estimate of drug-likeness (QED) is 0.684. The van der Waals surface area contributed by atoms with Gasteiger partial charge in [0, 0.05) is 13.2 Å². The SMILES string of the molecule is CCCCCNC(=O)NC(C)C1CCCO1. The molecule has 0 aliphatic carbocycles. The highest BCUT2D eigenvalue weighted by molar-refractivity contribution is 5.74. The molecule has 1 aliphatic rings. The maximum Gasteiger partial charge on any atom is 0.315 e. The predicted molar refractivity (Wildman–Crippen MR) is 64.5 cm³/mol. The summed E-state index contributed by atoms with van der Waals surface area (Å²) >= 11 is 0. The molecule has 1 rings (SSSR count). The second kappa shape index (κ2) is 7.49. The molecule has 1 heterocycles. The van der Waals surface area contributed by atoms with E-state index >= 15 is 0 Å². The van der Waals surface area contributed by atoms with Crippen LogP contribution in [-0.2, 0) is 4.74 Å². The Morgan fingerprint density at radius 3 is 2.94 bits per heavy atom. The number of ether oxygens (including phenoxy) is 1. The number of urea groups is 1. The highest BCUT2D eigenvalue weighted by Gasteiger charge is 2.23. The summed E-state index contributed by atoms with van der Waals surface area (Å²) in [5.74, 6) is 0. The zero-order chi connectivity index (χ0) is 11.8. The fourth-order valence-corrected chi connectivity index (χ4v) is 1.92. The maximum atomic E-state index is 11.5. The summed E-state index contributed by atoms with van der Waals surface area (Å²) in [4.78, 5) is 11.5. The third-order valence-electron chi connectivity index (χ3n) is 2.95. The van der Waals surface area contributed by atoms with Crippen molar-refractivity contribution in [2.24, 2.45) is 0 Å². The van der Waals surface area contributed by atoms with E-state index in [1.165, 1.54) is 12.8 Å². The highest BCUT2D eigenvalue weighted by Crippen LogP contribution is 2.15. The minimum Gasteiger partial charge on any atom is -0.376 e. The molecule has 0 saturated carbocycles. The largest absolute Gasteiger partial charge is 0.376 e. The second-order valence-electron chi connectivity index (χ2n) is 4.45. The lowest BCUT2D eigenvalue weighted by atomic mass is 10.1. The van der Waals surface area contributed by atoms with Gasteiger partial charge in [0.1, 0.15) is 0 Å². The predicted octanol–water partition coefficient (Wildman–Crippen LogP) is 2.04. The van der Waals surface area contributed by atoms with Crippen LogP contribution in [0, 0.1) is 0 Å². The van der Waals surface area contributed by atoms with Crippen molar-refractivity contribution in [2.45, 2.75) is 58.1 Å². The molecule has 4 heteroatoms. The van der Waals surface area contributed by atoms with E-state index < -0.39 is 0 Å². The topological polar surface area (TPSA) is 50.4 Å². The summed E-state index contributed by atoms with van der Waals surface area (Å²) in [6.45, 7) is 5.74. The van der Waals surface area contributed by atoms with E-state index in [9.17, 15) is 4.79 Å². The number of unbranched alkanes of at least 4 members (excludes halogenated alkanes) is 2. The highest BCUT2D eigenvalue weighted by atomic mass is 16.5. The molecule has 2 atom stereocenters. The summed E-state index contributed by atoms with van der Waals surface area (Å²) in [6, 6.07) is 0.0350. The first kappa shape index (κ1) is 13.3. The van der Waals surface area contributed by atoms with Gasteiger partial charge < -0.3 is 15.4 Å². The molecule has 2 unspecified atom stereocenters. The van der Waals surface area contributed by atoms with Crippen molar-refractivity contribution in [2.75, 3.05) is 13.2 Å². The molecule has 1 saturated heterocycles. The van der Waals surface area contributed by atoms with E-state index in [1.54, 1.807) is 0 Å². The third kappa shape index (κ3) is 4.84. The van der Waals surface area contributed by atoms with Gasteiger partial charge in [-0.05, 0) is 26.2 Å². The van der Waals surface area contributed by atoms with Crippen molar-refractivity contribution in [1.29, 1.82) is 0 Å². The van der Waals surface area contributed by atoms with Gasteiger partial charge in [0.05, 0.1) is 12.1 Å². The lowest BCUT2D eigenvalue weighted by molar-refractivity contribution is 0.0860. The fraction of sp³-hybridized carbons (Fsp3) is 0.917. The van der Waals surface area contributed by atoms with Gasteiger partial charge in [0.25, 0.3) is 0 Å². The Hall–Kier alpha value is -0.770. The van der Waals surface area contributed by atoms with Crippen molar-refractivity contribution < 1.29 is 9.53 Å². The van der Waals surface area contributed by atoms with E-state index in [1.807, 2.05) is 6.92 Å². The lowest BCUT2D eigenvalue weighted by Crippen LogP contribution is -2.46. The van der Waals surface area contributed by atoms with Gasteiger partial charge in [-0.25, -0.2) is 4.79 Å². The molecule has 1 aliphatic heterocycles. The number of nitrogens with one attached hydrogen (secondary N) is 2. The molecule has 0 radical (unpaired) electrons. The van der Waals surface area contributed by atoms with Crippen LogP contribution in [0.3, 0.4) is 0 Å². The Morgan fingerprint density at radius 2 is 2.31 bits per heavy atom. The fourth-order valence-electron chi connectivity index (χ4n) is 1.92. The Balaban J connectivity index is 2.08. The van der Waals surface area contributed by atoms with E-state index in [0.29, 0.717) is 0 Å². The second-order valence-corrected chi connectivity index (χ2v) is 4.45. The standard InChI is InChI=1S/C12H24N2O2/c1-3-4-5-8-13-12(15)14-10(2)11-7-6-9-16-11/h10-11H,3-9H2,1-2H3,(H2,13,14,15). The average Bonchev–Trinajstić information content (AvgIpc) is 2.77. The van der Waals surface area contributed by atoms with Crippen LogP contribution >= 0.6 is 0 Å². The lowest BCUT2D eigenvalue weighted by Gasteiger charge is -2.20. The van der Waals surface area contributed by atoms with Gasteiger partial charge in [-0.2, -0.15) is 0 Å². The molecular weight excluding hydrogens is 204 g/mol. The van der Waals surface area contributed by atoms with Crippen molar-refractivity contribution in [3.8, 4) is 0 Å². The van der Waals surface area contributed by atoms with E-state index in [2.05, 4.69) is 17.6 Å². The Labute approximate surface area is 98.1 Å². The number of hydrogen-bond acceptors (Lipinski definition) is 2. The zero-order valence-corrected chi connectivity index (χ0v) is 10.4. The van der Waals surface area contributed by atoms with Gasteiger partial charge in [-0.3, -0.25) is 0 Å². The zero-order valence-electron chi connectivity index (χ0n) is 10.4. The number of rotatable bonds is 6. The first-order chi connectivity index (χ1) is 7.74. The van der Waals surface area contributed by atoms with E-state index in [0.717, 1.165) is 32.4 Å². The maximum absolute atomic E-state index is 11.5. The normalized spacial score (nSPS) is 21.8. The van der Waals surface area contributed by atoms with Crippen LogP contribution in [0.5, 0.6) is 0 Å². The van der Waals surface area contributed by atoms with Crippen molar-refractivity contribution >= 4 is 6.03 Å². The molecule has 1 fully saturated rings. The van der Waals surface area contributed by atoms with Gasteiger partial charge in [0.15, 0.2) is 0 Å². The summed E-state index contributed by atoms with van der Waals surface area (Å²) in [6.07, 6.45) is 5.75. The van der Waals surface area contributed by atoms with Gasteiger partial charge in [0.2, 0.25) is 0 Å². The first-order valence-electron chi connectivity index (χ1n) is 6.40. The monoisotopic (exact) mass is 228 g/mol. The Kier molecular flexibility index (Phi) is 6.23. The Morgan fingerprint density at radius 1 is 1.50 bits per heavy atom. The van der Waals surface area contributed by atoms with Gasteiger partial charge in [-0.1, -0.05) is 19.8 Å². The first-order valence-corrected chi connectivity index (χ1v) is 6.40. The van der Waals surface area contributed by atoms with Gasteiger partial charge in [-0.15, -0.1) is 0 Å². The van der Waals surface area contributed by atoms with Crippen LogP contribution in [0.1, 0.15) is 46.0 Å². The molecule has 0 aromatic carbocycles. The minimum absolute atomic E-state index is 0.0703. The molecule has 0 aromatic heterocycles. The molecular formula is C12H24N2O2. The molecule has 2 amide bonds. The molecule has 94 valence electrons. The van der Waals surface area contributed by atoms with Crippen molar-refractivity contribution in [3.05, 3.63) is 0 Å². The summed E-state index contributed by atoms with van der Waals surface area (Å²) in [7, 11) is 0. The molecule has 0 bridgehead atoms. The van der Waals surface area contributed by atoms with E-state index in [4.69, 9.17) is 4.74 Å². The van der Waals surface area contributed by atoms with Crippen LogP contribution in [0.25, 0.3) is 0 Å². The van der Waals surface area contributed by atoms with Crippen LogP contribution < -0.4 is 10.6 Å². The van der Waals surface area contributed by atoms with Crippen LogP contribution in [-0.4, -0.2) is 31.3 Å². The number of carbonyl (C=O) groups is 1. The molecule has 0 spiro atoms.